The third-order valence-corrected chi connectivity index (χ3v) is 6.16. The van der Waals surface area contributed by atoms with Gasteiger partial charge in [0.05, 0.1) is 5.69 Å². The Morgan fingerprint density at radius 2 is 1.79 bits per heavy atom. The Hall–Kier alpha value is 0.320. The molecule has 0 radical (unpaired) electrons. The highest BCUT2D eigenvalue weighted by molar-refractivity contribution is 9.11. The van der Waals surface area contributed by atoms with E-state index in [1.54, 1.807) is 11.3 Å². The van der Waals surface area contributed by atoms with E-state index < -0.39 is 0 Å². The molecule has 0 spiro atoms. The van der Waals surface area contributed by atoms with E-state index in [1.165, 1.54) is 23.4 Å². The van der Waals surface area contributed by atoms with Gasteiger partial charge in [-0.1, -0.05) is 11.6 Å². The van der Waals surface area contributed by atoms with Crippen LogP contribution in [0.1, 0.15) is 23.4 Å². The molecular weight excluding hydrogens is 430 g/mol. The van der Waals surface area contributed by atoms with E-state index in [1.807, 2.05) is 12.1 Å². The second-order valence-electron chi connectivity index (χ2n) is 4.50. The second kappa shape index (κ2) is 5.60. The molecule has 0 saturated heterocycles. The molecule has 0 atom stereocenters. The fraction of sp³-hybridized carbons (Fsp3) is 0.308. The predicted molar refractivity (Wildman–Crippen MR) is 91.5 cm³/mol. The van der Waals surface area contributed by atoms with E-state index in [0.717, 1.165) is 31.4 Å². The highest BCUT2D eigenvalue weighted by atomic mass is 79.9. The summed E-state index contributed by atoms with van der Waals surface area (Å²) in [5.41, 5.74) is 2.43. The minimum absolute atomic E-state index is 0.707. The van der Waals surface area contributed by atoms with E-state index in [2.05, 4.69) is 36.4 Å². The average molecular weight is 440 g/mol. The first-order valence-electron chi connectivity index (χ1n) is 5.96. The number of hydrogen-bond acceptors (Lipinski definition) is 2. The summed E-state index contributed by atoms with van der Waals surface area (Å²) in [6.45, 7) is 0. The van der Waals surface area contributed by atoms with Crippen molar-refractivity contribution in [2.24, 2.45) is 0 Å². The highest BCUT2D eigenvalue weighted by Crippen LogP contribution is 2.38. The van der Waals surface area contributed by atoms with E-state index in [4.69, 9.17) is 23.8 Å². The van der Waals surface area contributed by atoms with Gasteiger partial charge in [-0.2, -0.15) is 0 Å². The molecule has 0 N–H and O–H groups in total. The van der Waals surface area contributed by atoms with E-state index >= 15 is 0 Å². The topological polar surface area (TPSA) is 4.93 Å². The standard InChI is InChI=1S/C13H10Br2ClNS2/c14-8-5-7(16)6-9(15)12(8)17-10-3-1-2-4-11(10)19-13(17)18/h5-6H,1-4H2. The van der Waals surface area contributed by atoms with Crippen molar-refractivity contribution >= 4 is 67.0 Å². The number of aryl methyl sites for hydroxylation is 1. The number of fused-ring (bicyclic) bond motifs is 1. The molecule has 1 nitrogen and oxygen atoms in total. The van der Waals surface area contributed by atoms with Gasteiger partial charge in [0.25, 0.3) is 0 Å². The summed E-state index contributed by atoms with van der Waals surface area (Å²) in [5.74, 6) is 0. The molecule has 0 unspecified atom stereocenters. The first-order chi connectivity index (χ1) is 9.08. The van der Waals surface area contributed by atoms with Gasteiger partial charge in [-0.15, -0.1) is 11.3 Å². The number of benzene rings is 1. The fourth-order valence-corrected chi connectivity index (χ4v) is 6.03. The summed E-state index contributed by atoms with van der Waals surface area (Å²) in [7, 11) is 0. The Labute approximate surface area is 142 Å². The summed E-state index contributed by atoms with van der Waals surface area (Å²) in [5, 5.41) is 0.707. The van der Waals surface area contributed by atoms with Gasteiger partial charge in [0.2, 0.25) is 0 Å². The van der Waals surface area contributed by atoms with Crippen LogP contribution in [0.4, 0.5) is 0 Å². The first-order valence-corrected chi connectivity index (χ1v) is 9.15. The summed E-state index contributed by atoms with van der Waals surface area (Å²) in [4.78, 5) is 1.44. The van der Waals surface area contributed by atoms with Crippen LogP contribution in [0, 0.1) is 3.95 Å². The molecule has 1 aliphatic carbocycles. The zero-order valence-electron chi connectivity index (χ0n) is 9.88. The fourth-order valence-electron chi connectivity index (χ4n) is 2.44. The van der Waals surface area contributed by atoms with Crippen molar-refractivity contribution in [3.63, 3.8) is 0 Å². The predicted octanol–water partition coefficient (Wildman–Crippen LogP) is 6.33. The summed E-state index contributed by atoms with van der Waals surface area (Å²) < 4.78 is 5.04. The largest absolute Gasteiger partial charge is 0.293 e. The SMILES string of the molecule is S=c1sc2c(n1-c1c(Br)cc(Cl)cc1Br)CCCC2. The maximum absolute atomic E-state index is 6.07. The Kier molecular flexibility index (Phi) is 4.21. The molecule has 1 aromatic carbocycles. The van der Waals surface area contributed by atoms with E-state index in [0.29, 0.717) is 5.02 Å². The lowest BCUT2D eigenvalue weighted by molar-refractivity contribution is 0.665. The van der Waals surface area contributed by atoms with Crippen molar-refractivity contribution in [3.05, 3.63) is 40.6 Å². The number of thiazole rings is 1. The highest BCUT2D eigenvalue weighted by Gasteiger charge is 2.20. The third kappa shape index (κ3) is 2.60. The normalized spacial score (nSPS) is 14.5. The number of halogens is 3. The van der Waals surface area contributed by atoms with Crippen molar-refractivity contribution in [3.8, 4) is 5.69 Å². The maximum atomic E-state index is 6.07. The average Bonchev–Trinajstić information content (AvgIpc) is 2.65. The van der Waals surface area contributed by atoms with Crippen LogP contribution in [-0.4, -0.2) is 4.57 Å². The lowest BCUT2D eigenvalue weighted by atomic mass is 10.0. The maximum Gasteiger partial charge on any atom is 0.166 e. The minimum atomic E-state index is 0.707. The monoisotopic (exact) mass is 437 g/mol. The number of hydrogen-bond donors (Lipinski definition) is 0. The van der Waals surface area contributed by atoms with E-state index in [-0.39, 0.29) is 0 Å². The quantitative estimate of drug-likeness (QED) is 0.470. The molecule has 3 rings (SSSR count). The van der Waals surface area contributed by atoms with Gasteiger partial charge in [0.15, 0.2) is 3.95 Å². The molecule has 0 amide bonds. The molecule has 19 heavy (non-hydrogen) atoms. The van der Waals surface area contributed by atoms with Crippen LogP contribution in [0.15, 0.2) is 21.1 Å². The smallest absolute Gasteiger partial charge is 0.166 e. The Bertz CT molecular complexity index is 682. The summed E-state index contributed by atoms with van der Waals surface area (Å²) >= 11 is 20.6. The molecule has 0 aliphatic heterocycles. The third-order valence-electron chi connectivity index (χ3n) is 3.26. The van der Waals surface area contributed by atoms with Crippen LogP contribution in [-0.2, 0) is 12.8 Å². The molecule has 0 saturated carbocycles. The summed E-state index contributed by atoms with van der Waals surface area (Å²) in [6.07, 6.45) is 4.76. The summed E-state index contributed by atoms with van der Waals surface area (Å²) in [6, 6.07) is 3.83. The van der Waals surface area contributed by atoms with Gasteiger partial charge in [-0.25, -0.2) is 0 Å². The van der Waals surface area contributed by atoms with Gasteiger partial charge in [-0.3, -0.25) is 4.57 Å². The molecule has 1 aliphatic rings. The van der Waals surface area contributed by atoms with Crippen LogP contribution in [0.25, 0.3) is 5.69 Å². The molecule has 1 heterocycles. The molecule has 2 aromatic rings. The molecule has 0 fully saturated rings. The Morgan fingerprint density at radius 1 is 1.16 bits per heavy atom. The van der Waals surface area contributed by atoms with Gasteiger partial charge >= 0.3 is 0 Å². The van der Waals surface area contributed by atoms with Crippen molar-refractivity contribution in [2.45, 2.75) is 25.7 Å². The van der Waals surface area contributed by atoms with Crippen molar-refractivity contribution in [1.29, 1.82) is 0 Å². The minimum Gasteiger partial charge on any atom is -0.293 e. The second-order valence-corrected chi connectivity index (χ2v) is 8.37. The molecular formula is C13H10Br2ClNS2. The van der Waals surface area contributed by atoms with Crippen LogP contribution >= 0.6 is 67.0 Å². The number of aromatic nitrogens is 1. The van der Waals surface area contributed by atoms with Crippen molar-refractivity contribution in [2.75, 3.05) is 0 Å². The van der Waals surface area contributed by atoms with Gasteiger partial charge in [-0.05, 0) is 81.9 Å². The molecule has 100 valence electrons. The van der Waals surface area contributed by atoms with Gasteiger partial charge in [0, 0.05) is 24.5 Å². The number of nitrogens with zero attached hydrogens (tertiary/aromatic N) is 1. The number of rotatable bonds is 1. The van der Waals surface area contributed by atoms with Crippen molar-refractivity contribution in [1.82, 2.24) is 4.57 Å². The van der Waals surface area contributed by atoms with Gasteiger partial charge < -0.3 is 0 Å². The van der Waals surface area contributed by atoms with Crippen LogP contribution in [0.3, 0.4) is 0 Å². The zero-order valence-corrected chi connectivity index (χ0v) is 15.4. The molecule has 1 aromatic heterocycles. The van der Waals surface area contributed by atoms with Crippen LogP contribution in [0.2, 0.25) is 5.02 Å². The van der Waals surface area contributed by atoms with Crippen LogP contribution in [0.5, 0.6) is 0 Å². The first kappa shape index (κ1) is 14.3. The molecule has 0 bridgehead atoms. The zero-order chi connectivity index (χ0) is 13.6. The Balaban J connectivity index is 2.29. The van der Waals surface area contributed by atoms with Gasteiger partial charge in [0.1, 0.15) is 0 Å². The van der Waals surface area contributed by atoms with E-state index in [9.17, 15) is 0 Å². The lowest BCUT2D eigenvalue weighted by Gasteiger charge is -2.17. The van der Waals surface area contributed by atoms with Crippen molar-refractivity contribution < 1.29 is 0 Å². The Morgan fingerprint density at radius 3 is 2.47 bits per heavy atom. The molecule has 6 heteroatoms. The van der Waals surface area contributed by atoms with Crippen LogP contribution < -0.4 is 0 Å². The lowest BCUT2D eigenvalue weighted by Crippen LogP contribution is -2.08.